The van der Waals surface area contributed by atoms with Crippen molar-refractivity contribution >= 4 is 15.7 Å². The van der Waals surface area contributed by atoms with Crippen molar-refractivity contribution in [3.63, 3.8) is 0 Å². The number of nitrogens with one attached hydrogen (secondary N) is 1. The second-order valence-electron chi connectivity index (χ2n) is 5.47. The highest BCUT2D eigenvalue weighted by atomic mass is 32.2. The summed E-state index contributed by atoms with van der Waals surface area (Å²) in [4.78, 5) is 0. The Labute approximate surface area is 155 Å². The largest absolute Gasteiger partial charge is 0.493 e. The van der Waals surface area contributed by atoms with Crippen LogP contribution in [0.1, 0.15) is 5.69 Å². The minimum atomic E-state index is -3.99. The molecule has 0 saturated carbocycles. The molecule has 3 aromatic rings. The standard InChI is InChI=1S/C17H18N2O7S/c1-10-7-13(26-18-10)12-5-6-16(25-12)27(20,21)19-11-8-14(22-2)17(24-4)15(9-11)23-3/h5-9,19H,1-4H3. The van der Waals surface area contributed by atoms with Crippen molar-refractivity contribution in [3.8, 4) is 28.8 Å². The number of ether oxygens (including phenoxy) is 3. The summed E-state index contributed by atoms with van der Waals surface area (Å²) in [6, 6.07) is 7.41. The molecule has 0 bridgehead atoms. The fourth-order valence-corrected chi connectivity index (χ4v) is 3.40. The molecule has 0 aliphatic rings. The fourth-order valence-electron chi connectivity index (χ4n) is 2.42. The van der Waals surface area contributed by atoms with Crippen LogP contribution in [0.2, 0.25) is 0 Å². The molecule has 27 heavy (non-hydrogen) atoms. The molecule has 2 aromatic heterocycles. The number of sulfonamides is 1. The molecular formula is C17H18N2O7S. The zero-order valence-electron chi connectivity index (χ0n) is 15.1. The predicted molar refractivity (Wildman–Crippen MR) is 95.8 cm³/mol. The maximum absolute atomic E-state index is 12.6. The molecule has 3 rings (SSSR count). The zero-order valence-corrected chi connectivity index (χ0v) is 15.9. The van der Waals surface area contributed by atoms with E-state index in [2.05, 4.69) is 9.88 Å². The number of hydrogen-bond acceptors (Lipinski definition) is 8. The fraction of sp³-hybridized carbons (Fsp3) is 0.235. The van der Waals surface area contributed by atoms with Crippen molar-refractivity contribution in [1.29, 1.82) is 0 Å². The van der Waals surface area contributed by atoms with Crippen LogP contribution in [0.3, 0.4) is 0 Å². The molecule has 0 spiro atoms. The average Bonchev–Trinajstić information content (AvgIpc) is 3.29. The molecule has 9 nitrogen and oxygen atoms in total. The van der Waals surface area contributed by atoms with Gasteiger partial charge in [0.1, 0.15) is 0 Å². The van der Waals surface area contributed by atoms with E-state index in [1.165, 1.54) is 45.6 Å². The Hall–Kier alpha value is -3.14. The van der Waals surface area contributed by atoms with Gasteiger partial charge < -0.3 is 23.2 Å². The number of nitrogens with zero attached hydrogens (tertiary/aromatic N) is 1. The number of anilines is 1. The predicted octanol–water partition coefficient (Wildman–Crippen LogP) is 3.07. The van der Waals surface area contributed by atoms with Crippen molar-refractivity contribution < 1.29 is 31.6 Å². The first-order valence-electron chi connectivity index (χ1n) is 7.74. The van der Waals surface area contributed by atoms with Gasteiger partial charge in [-0.1, -0.05) is 5.16 Å². The van der Waals surface area contributed by atoms with Gasteiger partial charge in [-0.3, -0.25) is 4.72 Å². The summed E-state index contributed by atoms with van der Waals surface area (Å²) in [5, 5.41) is 3.47. The maximum atomic E-state index is 12.6. The SMILES string of the molecule is COc1cc(NS(=O)(=O)c2ccc(-c3cc(C)no3)o2)cc(OC)c1OC. The minimum absolute atomic E-state index is 0.220. The molecule has 2 heterocycles. The summed E-state index contributed by atoms with van der Waals surface area (Å²) in [6.45, 7) is 1.75. The highest BCUT2D eigenvalue weighted by Gasteiger charge is 2.23. The van der Waals surface area contributed by atoms with Crippen molar-refractivity contribution in [3.05, 3.63) is 36.0 Å². The normalized spacial score (nSPS) is 11.3. The number of furan rings is 1. The summed E-state index contributed by atoms with van der Waals surface area (Å²) in [7, 11) is 0.341. The summed E-state index contributed by atoms with van der Waals surface area (Å²) >= 11 is 0. The quantitative estimate of drug-likeness (QED) is 0.650. The first-order valence-corrected chi connectivity index (χ1v) is 9.22. The average molecular weight is 394 g/mol. The van der Waals surface area contributed by atoms with Crippen LogP contribution in [-0.4, -0.2) is 34.9 Å². The smallest absolute Gasteiger partial charge is 0.295 e. The van der Waals surface area contributed by atoms with E-state index >= 15 is 0 Å². The van der Waals surface area contributed by atoms with Crippen molar-refractivity contribution in [2.75, 3.05) is 26.1 Å². The molecule has 0 atom stereocenters. The van der Waals surface area contributed by atoms with Crippen LogP contribution in [-0.2, 0) is 10.0 Å². The van der Waals surface area contributed by atoms with E-state index in [-0.39, 0.29) is 16.5 Å². The van der Waals surface area contributed by atoms with E-state index in [4.69, 9.17) is 23.2 Å². The van der Waals surface area contributed by atoms with E-state index < -0.39 is 10.0 Å². The van der Waals surface area contributed by atoms with Crippen LogP contribution in [0.4, 0.5) is 5.69 Å². The van der Waals surface area contributed by atoms with E-state index in [9.17, 15) is 8.42 Å². The lowest BCUT2D eigenvalue weighted by Crippen LogP contribution is -2.12. The van der Waals surface area contributed by atoms with Gasteiger partial charge in [0.05, 0.1) is 32.7 Å². The van der Waals surface area contributed by atoms with E-state index in [0.29, 0.717) is 28.7 Å². The Morgan fingerprint density at radius 2 is 1.63 bits per heavy atom. The van der Waals surface area contributed by atoms with Crippen molar-refractivity contribution in [2.24, 2.45) is 0 Å². The molecule has 0 radical (unpaired) electrons. The molecule has 0 aliphatic heterocycles. The molecule has 0 amide bonds. The Kier molecular flexibility index (Phi) is 5.00. The number of rotatable bonds is 7. The van der Waals surface area contributed by atoms with Gasteiger partial charge in [0, 0.05) is 18.2 Å². The molecule has 144 valence electrons. The number of aromatic nitrogens is 1. The van der Waals surface area contributed by atoms with Crippen molar-refractivity contribution in [2.45, 2.75) is 12.0 Å². The van der Waals surface area contributed by atoms with Crippen molar-refractivity contribution in [1.82, 2.24) is 5.16 Å². The van der Waals surface area contributed by atoms with Gasteiger partial charge in [-0.15, -0.1) is 0 Å². The van der Waals surface area contributed by atoms with E-state index in [1.807, 2.05) is 0 Å². The minimum Gasteiger partial charge on any atom is -0.493 e. The Bertz CT molecular complexity index is 1030. The Morgan fingerprint density at radius 1 is 0.963 bits per heavy atom. The van der Waals surface area contributed by atoms with E-state index in [1.54, 1.807) is 13.0 Å². The molecule has 10 heteroatoms. The third-order valence-electron chi connectivity index (χ3n) is 3.63. The lowest BCUT2D eigenvalue weighted by Gasteiger charge is -2.14. The van der Waals surface area contributed by atoms with Gasteiger partial charge in [-0.2, -0.15) is 8.42 Å². The summed E-state index contributed by atoms with van der Waals surface area (Å²) in [6.07, 6.45) is 0. The first kappa shape index (κ1) is 18.6. The summed E-state index contributed by atoms with van der Waals surface area (Å²) in [5.74, 6) is 1.56. The lowest BCUT2D eigenvalue weighted by atomic mass is 10.2. The van der Waals surface area contributed by atoms with Crippen LogP contribution in [0.5, 0.6) is 17.2 Å². The summed E-state index contributed by atoms with van der Waals surface area (Å²) < 4.78 is 53.8. The topological polar surface area (TPSA) is 113 Å². The Balaban J connectivity index is 1.92. The van der Waals surface area contributed by atoms with Gasteiger partial charge in [0.2, 0.25) is 16.6 Å². The highest BCUT2D eigenvalue weighted by Crippen LogP contribution is 2.40. The molecule has 0 aliphatic carbocycles. The maximum Gasteiger partial charge on any atom is 0.295 e. The lowest BCUT2D eigenvalue weighted by molar-refractivity contribution is 0.324. The molecule has 0 unspecified atom stereocenters. The van der Waals surface area contributed by atoms with Gasteiger partial charge >= 0.3 is 0 Å². The van der Waals surface area contributed by atoms with Gasteiger partial charge in [0.15, 0.2) is 17.3 Å². The monoisotopic (exact) mass is 394 g/mol. The number of hydrogen-bond donors (Lipinski definition) is 1. The van der Waals surface area contributed by atoms with Crippen LogP contribution >= 0.6 is 0 Å². The molecule has 1 N–H and O–H groups in total. The second kappa shape index (κ2) is 7.23. The van der Waals surface area contributed by atoms with Crippen LogP contribution in [0, 0.1) is 6.92 Å². The second-order valence-corrected chi connectivity index (χ2v) is 7.08. The van der Waals surface area contributed by atoms with E-state index in [0.717, 1.165) is 0 Å². The van der Waals surface area contributed by atoms with Gasteiger partial charge in [0.25, 0.3) is 10.0 Å². The number of aryl methyl sites for hydroxylation is 1. The zero-order chi connectivity index (χ0) is 19.6. The summed E-state index contributed by atoms with van der Waals surface area (Å²) in [5.41, 5.74) is 0.874. The molecule has 0 fully saturated rings. The van der Waals surface area contributed by atoms with Gasteiger partial charge in [-0.05, 0) is 19.1 Å². The highest BCUT2D eigenvalue weighted by molar-refractivity contribution is 7.92. The third kappa shape index (κ3) is 3.70. The van der Waals surface area contributed by atoms with Crippen LogP contribution < -0.4 is 18.9 Å². The molecule has 1 aromatic carbocycles. The number of benzene rings is 1. The third-order valence-corrected chi connectivity index (χ3v) is 4.89. The number of methoxy groups -OCH3 is 3. The molecule has 0 saturated heterocycles. The van der Waals surface area contributed by atoms with Gasteiger partial charge in [-0.25, -0.2) is 0 Å². The Morgan fingerprint density at radius 3 is 2.15 bits per heavy atom. The van der Waals surface area contributed by atoms with Crippen LogP contribution in [0.25, 0.3) is 11.5 Å². The molecular weight excluding hydrogens is 376 g/mol. The first-order chi connectivity index (χ1) is 12.9. The van der Waals surface area contributed by atoms with Crippen LogP contribution in [0.15, 0.2) is 44.4 Å².